The Balaban J connectivity index is 2.04. The highest BCUT2D eigenvalue weighted by atomic mass is 127. The zero-order valence-corrected chi connectivity index (χ0v) is 13.7. The standard InChI is InChI=1S/C17H19IO2/c1-2-10-20-16-5-3-4-14(12-16)17(19)11-13-6-8-15(18)9-7-13/h3-9,12,17,19H,2,10-11H2,1H3. The van der Waals surface area contributed by atoms with Gasteiger partial charge in [-0.05, 0) is 64.4 Å². The van der Waals surface area contributed by atoms with Crippen molar-refractivity contribution in [1.29, 1.82) is 0 Å². The quantitative estimate of drug-likeness (QED) is 0.753. The Bertz CT molecular complexity index is 537. The first-order chi connectivity index (χ1) is 9.69. The Morgan fingerprint density at radius 3 is 2.60 bits per heavy atom. The summed E-state index contributed by atoms with van der Waals surface area (Å²) in [7, 11) is 0. The van der Waals surface area contributed by atoms with Gasteiger partial charge in [-0.25, -0.2) is 0 Å². The molecule has 1 N–H and O–H groups in total. The molecule has 0 heterocycles. The third-order valence-electron chi connectivity index (χ3n) is 3.06. The molecule has 0 radical (unpaired) electrons. The molecule has 0 aliphatic heterocycles. The molecule has 0 aliphatic carbocycles. The Labute approximate surface area is 133 Å². The van der Waals surface area contributed by atoms with Crippen molar-refractivity contribution in [2.75, 3.05) is 6.61 Å². The van der Waals surface area contributed by atoms with Crippen LogP contribution in [0.2, 0.25) is 0 Å². The molecule has 2 rings (SSSR count). The van der Waals surface area contributed by atoms with E-state index in [2.05, 4.69) is 53.8 Å². The van der Waals surface area contributed by atoms with Crippen LogP contribution in [-0.4, -0.2) is 11.7 Å². The minimum Gasteiger partial charge on any atom is -0.494 e. The van der Waals surface area contributed by atoms with E-state index in [1.807, 2.05) is 24.3 Å². The molecule has 0 aliphatic rings. The van der Waals surface area contributed by atoms with Gasteiger partial charge in [-0.2, -0.15) is 0 Å². The minimum absolute atomic E-state index is 0.500. The lowest BCUT2D eigenvalue weighted by Crippen LogP contribution is -2.03. The fourth-order valence-electron chi connectivity index (χ4n) is 1.99. The number of halogens is 1. The zero-order valence-electron chi connectivity index (χ0n) is 11.6. The Morgan fingerprint density at radius 1 is 1.15 bits per heavy atom. The van der Waals surface area contributed by atoms with Crippen LogP contribution in [0.5, 0.6) is 5.75 Å². The van der Waals surface area contributed by atoms with Crippen LogP contribution in [0.25, 0.3) is 0 Å². The molecule has 2 aromatic carbocycles. The minimum atomic E-state index is -0.500. The summed E-state index contributed by atoms with van der Waals surface area (Å²) in [5.74, 6) is 0.825. The smallest absolute Gasteiger partial charge is 0.119 e. The second-order valence-corrected chi connectivity index (χ2v) is 6.01. The fraction of sp³-hybridized carbons (Fsp3) is 0.294. The highest BCUT2D eigenvalue weighted by molar-refractivity contribution is 14.1. The van der Waals surface area contributed by atoms with E-state index in [1.54, 1.807) is 0 Å². The molecule has 3 heteroatoms. The topological polar surface area (TPSA) is 29.5 Å². The molecule has 1 atom stereocenters. The van der Waals surface area contributed by atoms with Crippen LogP contribution < -0.4 is 4.74 Å². The van der Waals surface area contributed by atoms with Gasteiger partial charge < -0.3 is 9.84 Å². The van der Waals surface area contributed by atoms with Gasteiger partial charge in [0, 0.05) is 9.99 Å². The maximum absolute atomic E-state index is 10.3. The van der Waals surface area contributed by atoms with E-state index in [0.717, 1.165) is 23.3 Å². The molecule has 0 amide bonds. The Hall–Kier alpha value is -1.07. The molecule has 0 aromatic heterocycles. The number of aliphatic hydroxyl groups is 1. The van der Waals surface area contributed by atoms with Crippen molar-refractivity contribution in [2.24, 2.45) is 0 Å². The van der Waals surface area contributed by atoms with Gasteiger partial charge in [0.25, 0.3) is 0 Å². The molecule has 2 aromatic rings. The van der Waals surface area contributed by atoms with Crippen molar-refractivity contribution < 1.29 is 9.84 Å². The summed E-state index contributed by atoms with van der Waals surface area (Å²) >= 11 is 2.28. The molecule has 1 unspecified atom stereocenters. The molecular weight excluding hydrogens is 363 g/mol. The summed E-state index contributed by atoms with van der Waals surface area (Å²) in [6.45, 7) is 2.78. The predicted molar refractivity (Wildman–Crippen MR) is 90.1 cm³/mol. The van der Waals surface area contributed by atoms with Crippen LogP contribution >= 0.6 is 22.6 Å². The first-order valence-corrected chi connectivity index (χ1v) is 7.92. The maximum Gasteiger partial charge on any atom is 0.119 e. The lowest BCUT2D eigenvalue weighted by atomic mass is 10.0. The largest absolute Gasteiger partial charge is 0.494 e. The molecule has 0 saturated carbocycles. The first kappa shape index (κ1) is 15.3. The summed E-state index contributed by atoms with van der Waals surface area (Å²) in [6, 6.07) is 16.0. The van der Waals surface area contributed by atoms with Gasteiger partial charge in [-0.3, -0.25) is 0 Å². The van der Waals surface area contributed by atoms with Gasteiger partial charge in [-0.15, -0.1) is 0 Å². The second-order valence-electron chi connectivity index (χ2n) is 4.77. The van der Waals surface area contributed by atoms with Gasteiger partial charge in [0.05, 0.1) is 12.7 Å². The van der Waals surface area contributed by atoms with Crippen molar-refractivity contribution in [3.8, 4) is 5.75 Å². The number of hydrogen-bond acceptors (Lipinski definition) is 2. The van der Waals surface area contributed by atoms with Crippen LogP contribution in [0.15, 0.2) is 48.5 Å². The van der Waals surface area contributed by atoms with Crippen molar-refractivity contribution in [2.45, 2.75) is 25.9 Å². The molecule has 106 valence electrons. The van der Waals surface area contributed by atoms with E-state index >= 15 is 0 Å². The van der Waals surface area contributed by atoms with Crippen molar-refractivity contribution in [3.63, 3.8) is 0 Å². The summed E-state index contributed by atoms with van der Waals surface area (Å²) in [5.41, 5.74) is 2.04. The highest BCUT2D eigenvalue weighted by Gasteiger charge is 2.09. The van der Waals surface area contributed by atoms with Gasteiger partial charge >= 0.3 is 0 Å². The highest BCUT2D eigenvalue weighted by Crippen LogP contribution is 2.23. The lowest BCUT2D eigenvalue weighted by Gasteiger charge is -2.13. The van der Waals surface area contributed by atoms with Gasteiger partial charge in [0.15, 0.2) is 0 Å². The number of benzene rings is 2. The SMILES string of the molecule is CCCOc1cccc(C(O)Cc2ccc(I)cc2)c1. The molecular formula is C17H19IO2. The van der Waals surface area contributed by atoms with Crippen molar-refractivity contribution >= 4 is 22.6 Å². The number of rotatable bonds is 6. The molecule has 0 fully saturated rings. The molecule has 0 spiro atoms. The van der Waals surface area contributed by atoms with E-state index in [1.165, 1.54) is 3.57 Å². The summed E-state index contributed by atoms with van der Waals surface area (Å²) in [4.78, 5) is 0. The average molecular weight is 382 g/mol. The van der Waals surface area contributed by atoms with Crippen LogP contribution in [0.1, 0.15) is 30.6 Å². The summed E-state index contributed by atoms with van der Waals surface area (Å²) in [5, 5.41) is 10.3. The monoisotopic (exact) mass is 382 g/mol. The predicted octanol–water partition coefficient (Wildman–Crippen LogP) is 4.36. The number of ether oxygens (including phenoxy) is 1. The second kappa shape index (κ2) is 7.64. The summed E-state index contributed by atoms with van der Waals surface area (Å²) < 4.78 is 6.80. The Kier molecular flexibility index (Phi) is 5.86. The molecule has 2 nitrogen and oxygen atoms in total. The van der Waals surface area contributed by atoms with Crippen LogP contribution in [0.4, 0.5) is 0 Å². The third kappa shape index (κ3) is 4.49. The van der Waals surface area contributed by atoms with E-state index in [-0.39, 0.29) is 0 Å². The van der Waals surface area contributed by atoms with Gasteiger partial charge in [0.1, 0.15) is 5.75 Å². The van der Waals surface area contributed by atoms with E-state index in [9.17, 15) is 5.11 Å². The normalized spacial score (nSPS) is 12.2. The van der Waals surface area contributed by atoms with E-state index in [0.29, 0.717) is 13.0 Å². The van der Waals surface area contributed by atoms with E-state index < -0.39 is 6.10 Å². The van der Waals surface area contributed by atoms with Crippen molar-refractivity contribution in [3.05, 3.63) is 63.2 Å². The van der Waals surface area contributed by atoms with Crippen molar-refractivity contribution in [1.82, 2.24) is 0 Å². The van der Waals surface area contributed by atoms with E-state index in [4.69, 9.17) is 4.74 Å². The Morgan fingerprint density at radius 2 is 1.90 bits per heavy atom. The van der Waals surface area contributed by atoms with Crippen LogP contribution in [0.3, 0.4) is 0 Å². The summed E-state index contributed by atoms with van der Waals surface area (Å²) in [6.07, 6.45) is 1.10. The van der Waals surface area contributed by atoms with Gasteiger partial charge in [0.2, 0.25) is 0 Å². The van der Waals surface area contributed by atoms with Gasteiger partial charge in [-0.1, -0.05) is 31.2 Å². The first-order valence-electron chi connectivity index (χ1n) is 6.84. The number of hydrogen-bond donors (Lipinski definition) is 1. The average Bonchev–Trinajstić information content (AvgIpc) is 2.48. The zero-order chi connectivity index (χ0) is 14.4. The third-order valence-corrected chi connectivity index (χ3v) is 3.78. The molecule has 20 heavy (non-hydrogen) atoms. The molecule has 0 saturated heterocycles. The number of aliphatic hydroxyl groups excluding tert-OH is 1. The van der Waals surface area contributed by atoms with Crippen LogP contribution in [-0.2, 0) is 6.42 Å². The maximum atomic E-state index is 10.3. The lowest BCUT2D eigenvalue weighted by molar-refractivity contribution is 0.178. The fourth-order valence-corrected chi connectivity index (χ4v) is 2.35. The van der Waals surface area contributed by atoms with Crippen LogP contribution in [0, 0.1) is 3.57 Å². The molecule has 0 bridgehead atoms.